The molecule has 94 valence electrons. The van der Waals surface area contributed by atoms with Crippen LogP contribution >= 0.6 is 0 Å². The highest BCUT2D eigenvalue weighted by molar-refractivity contribution is 5.68. The first-order chi connectivity index (χ1) is 7.79. The SMILES string of the molecule is COc1c(C(F)(F)CC(=O)O)ccc(F)c1F. The fourth-order valence-electron chi connectivity index (χ4n) is 1.30. The van der Waals surface area contributed by atoms with Crippen LogP contribution in [-0.2, 0) is 10.7 Å². The van der Waals surface area contributed by atoms with Gasteiger partial charge in [-0.1, -0.05) is 0 Å². The highest BCUT2D eigenvalue weighted by Crippen LogP contribution is 2.39. The van der Waals surface area contributed by atoms with Gasteiger partial charge in [0, 0.05) is 0 Å². The topological polar surface area (TPSA) is 46.5 Å². The van der Waals surface area contributed by atoms with Crippen molar-refractivity contribution in [3.63, 3.8) is 0 Å². The van der Waals surface area contributed by atoms with E-state index in [2.05, 4.69) is 4.74 Å². The van der Waals surface area contributed by atoms with Crippen molar-refractivity contribution in [2.45, 2.75) is 12.3 Å². The summed E-state index contributed by atoms with van der Waals surface area (Å²) in [4.78, 5) is 10.3. The Morgan fingerprint density at radius 1 is 1.41 bits per heavy atom. The Kier molecular flexibility index (Phi) is 3.59. The van der Waals surface area contributed by atoms with Crippen LogP contribution in [0.1, 0.15) is 12.0 Å². The van der Waals surface area contributed by atoms with Gasteiger partial charge in [-0.25, -0.2) is 13.2 Å². The van der Waals surface area contributed by atoms with E-state index in [-0.39, 0.29) is 0 Å². The number of hydrogen-bond acceptors (Lipinski definition) is 2. The Balaban J connectivity index is 3.31. The molecule has 0 radical (unpaired) electrons. The first-order valence-electron chi connectivity index (χ1n) is 4.41. The molecule has 7 heteroatoms. The number of benzene rings is 1. The number of carbonyl (C=O) groups is 1. The summed E-state index contributed by atoms with van der Waals surface area (Å²) in [6, 6.07) is 1.09. The summed E-state index contributed by atoms with van der Waals surface area (Å²) >= 11 is 0. The van der Waals surface area contributed by atoms with E-state index >= 15 is 0 Å². The maximum absolute atomic E-state index is 13.4. The fraction of sp³-hybridized carbons (Fsp3) is 0.300. The molecule has 0 heterocycles. The van der Waals surface area contributed by atoms with Crippen LogP contribution in [0.25, 0.3) is 0 Å². The lowest BCUT2D eigenvalue weighted by Crippen LogP contribution is -2.20. The summed E-state index contributed by atoms with van der Waals surface area (Å²) in [6.07, 6.45) is -1.53. The van der Waals surface area contributed by atoms with Crippen LogP contribution in [0.5, 0.6) is 5.75 Å². The fourth-order valence-corrected chi connectivity index (χ4v) is 1.30. The Labute approximate surface area is 93.6 Å². The first-order valence-corrected chi connectivity index (χ1v) is 4.41. The molecule has 0 spiro atoms. The van der Waals surface area contributed by atoms with Crippen molar-refractivity contribution in [3.05, 3.63) is 29.3 Å². The average Bonchev–Trinajstić information content (AvgIpc) is 2.19. The number of methoxy groups -OCH3 is 1. The molecule has 0 aromatic heterocycles. The molecule has 0 fully saturated rings. The Hall–Kier alpha value is -1.79. The van der Waals surface area contributed by atoms with Crippen LogP contribution in [0, 0.1) is 11.6 Å². The number of ether oxygens (including phenoxy) is 1. The summed E-state index contributed by atoms with van der Waals surface area (Å²) in [5.74, 6) is -9.52. The minimum atomic E-state index is -3.84. The number of carboxylic acids is 1. The highest BCUT2D eigenvalue weighted by Gasteiger charge is 2.39. The van der Waals surface area contributed by atoms with E-state index < -0.39 is 41.3 Å². The second-order valence-electron chi connectivity index (χ2n) is 3.22. The van der Waals surface area contributed by atoms with Crippen molar-refractivity contribution in [1.29, 1.82) is 0 Å². The van der Waals surface area contributed by atoms with Crippen LogP contribution in [-0.4, -0.2) is 18.2 Å². The molecule has 1 aromatic rings. The molecule has 0 aliphatic heterocycles. The number of rotatable bonds is 4. The zero-order valence-corrected chi connectivity index (χ0v) is 8.64. The lowest BCUT2D eigenvalue weighted by molar-refractivity contribution is -0.145. The van der Waals surface area contributed by atoms with Gasteiger partial charge in [0.1, 0.15) is 6.42 Å². The summed E-state index contributed by atoms with van der Waals surface area (Å²) in [7, 11) is 0.887. The number of hydrogen-bond donors (Lipinski definition) is 1. The standard InChI is InChI=1S/C10H8F4O3/c1-17-9-5(2-3-6(11)8(9)12)10(13,14)4-7(15)16/h2-3H,4H2,1H3,(H,15,16). The molecule has 1 aromatic carbocycles. The molecule has 0 bridgehead atoms. The minimum Gasteiger partial charge on any atom is -0.493 e. The van der Waals surface area contributed by atoms with Crippen molar-refractivity contribution in [2.24, 2.45) is 0 Å². The van der Waals surface area contributed by atoms with Crippen LogP contribution in [0.4, 0.5) is 17.6 Å². The Morgan fingerprint density at radius 2 is 2.00 bits per heavy atom. The summed E-state index contributed by atoms with van der Waals surface area (Å²) in [6.45, 7) is 0. The van der Waals surface area contributed by atoms with Crippen LogP contribution in [0.2, 0.25) is 0 Å². The van der Waals surface area contributed by atoms with Crippen molar-refractivity contribution < 1.29 is 32.2 Å². The van der Waals surface area contributed by atoms with E-state index in [9.17, 15) is 22.4 Å². The molecule has 17 heavy (non-hydrogen) atoms. The molecule has 0 atom stereocenters. The predicted molar refractivity (Wildman–Crippen MR) is 49.1 cm³/mol. The third kappa shape index (κ3) is 2.66. The highest BCUT2D eigenvalue weighted by atomic mass is 19.3. The molecule has 0 amide bonds. The van der Waals surface area contributed by atoms with Crippen molar-refractivity contribution in [2.75, 3.05) is 7.11 Å². The lowest BCUT2D eigenvalue weighted by Gasteiger charge is -2.18. The van der Waals surface area contributed by atoms with Gasteiger partial charge >= 0.3 is 5.97 Å². The Bertz CT molecular complexity index is 445. The summed E-state index contributed by atoms with van der Waals surface area (Å²) in [5, 5.41) is 8.31. The van der Waals surface area contributed by atoms with Crippen molar-refractivity contribution in [1.82, 2.24) is 0 Å². The number of alkyl halides is 2. The smallest absolute Gasteiger partial charge is 0.309 e. The van der Waals surface area contributed by atoms with Gasteiger partial charge in [0.05, 0.1) is 12.7 Å². The third-order valence-electron chi connectivity index (χ3n) is 2.02. The van der Waals surface area contributed by atoms with Gasteiger partial charge in [0.15, 0.2) is 11.6 Å². The van der Waals surface area contributed by atoms with Gasteiger partial charge in [0.25, 0.3) is 5.92 Å². The maximum atomic E-state index is 13.4. The van der Waals surface area contributed by atoms with E-state index in [1.54, 1.807) is 0 Å². The van der Waals surface area contributed by atoms with Gasteiger partial charge in [-0.15, -0.1) is 0 Å². The first kappa shape index (κ1) is 13.3. The van der Waals surface area contributed by atoms with Crippen molar-refractivity contribution >= 4 is 5.97 Å². The minimum absolute atomic E-state index is 0.489. The monoisotopic (exact) mass is 252 g/mol. The number of aliphatic carboxylic acids is 1. The molecule has 0 saturated carbocycles. The van der Waals surface area contributed by atoms with E-state index in [0.717, 1.165) is 7.11 Å². The normalized spacial score (nSPS) is 11.4. The largest absolute Gasteiger partial charge is 0.493 e. The maximum Gasteiger partial charge on any atom is 0.309 e. The Morgan fingerprint density at radius 3 is 2.47 bits per heavy atom. The van der Waals surface area contributed by atoms with E-state index in [0.29, 0.717) is 12.1 Å². The number of halogens is 4. The molecule has 0 aliphatic rings. The summed E-state index contributed by atoms with van der Waals surface area (Å²) < 4.78 is 57.1. The second-order valence-corrected chi connectivity index (χ2v) is 3.22. The van der Waals surface area contributed by atoms with Crippen LogP contribution in [0.3, 0.4) is 0 Å². The molecule has 0 saturated heterocycles. The van der Waals surface area contributed by atoms with E-state index in [1.165, 1.54) is 0 Å². The quantitative estimate of drug-likeness (QED) is 0.837. The molecule has 0 aliphatic carbocycles. The molecule has 1 rings (SSSR count). The van der Waals surface area contributed by atoms with Crippen LogP contribution in [0.15, 0.2) is 12.1 Å². The zero-order valence-electron chi connectivity index (χ0n) is 8.64. The molecular weight excluding hydrogens is 244 g/mol. The molecular formula is C10H8F4O3. The molecule has 0 unspecified atom stereocenters. The van der Waals surface area contributed by atoms with Gasteiger partial charge in [-0.05, 0) is 12.1 Å². The second kappa shape index (κ2) is 4.60. The van der Waals surface area contributed by atoms with E-state index in [4.69, 9.17) is 5.11 Å². The summed E-state index contributed by atoms with van der Waals surface area (Å²) in [5.41, 5.74) is -0.999. The van der Waals surface area contributed by atoms with Gasteiger partial charge < -0.3 is 9.84 Å². The lowest BCUT2D eigenvalue weighted by atomic mass is 10.0. The molecule has 1 N–H and O–H groups in total. The van der Waals surface area contributed by atoms with Crippen LogP contribution < -0.4 is 4.74 Å². The van der Waals surface area contributed by atoms with Gasteiger partial charge in [-0.2, -0.15) is 4.39 Å². The average molecular weight is 252 g/mol. The zero-order chi connectivity index (χ0) is 13.2. The van der Waals surface area contributed by atoms with Crippen molar-refractivity contribution in [3.8, 4) is 5.75 Å². The molecule has 3 nitrogen and oxygen atoms in total. The predicted octanol–water partition coefficient (Wildman–Crippen LogP) is 2.54. The van der Waals surface area contributed by atoms with Gasteiger partial charge in [-0.3, -0.25) is 4.79 Å². The van der Waals surface area contributed by atoms with Gasteiger partial charge in [0.2, 0.25) is 5.82 Å². The number of carboxylic acid groups (broad SMARTS) is 1. The van der Waals surface area contributed by atoms with E-state index in [1.807, 2.05) is 0 Å². The third-order valence-corrected chi connectivity index (χ3v) is 2.02.